The van der Waals surface area contributed by atoms with E-state index in [0.717, 1.165) is 44.2 Å². The summed E-state index contributed by atoms with van der Waals surface area (Å²) in [5, 5.41) is 6.79. The maximum Gasteiger partial charge on any atom is 0.248 e. The minimum absolute atomic E-state index is 0.230. The van der Waals surface area contributed by atoms with Gasteiger partial charge in [0.15, 0.2) is 0 Å². The molecule has 174 valence electrons. The lowest BCUT2D eigenvalue weighted by atomic mass is 9.94. The molecule has 0 bridgehead atoms. The lowest BCUT2D eigenvalue weighted by Gasteiger charge is -2.14. The second kappa shape index (κ2) is 9.32. The van der Waals surface area contributed by atoms with E-state index in [1.807, 2.05) is 32.0 Å². The molecule has 5 heteroatoms. The number of anilines is 1. The van der Waals surface area contributed by atoms with Crippen molar-refractivity contribution in [3.8, 4) is 16.9 Å². The fourth-order valence-electron chi connectivity index (χ4n) is 4.53. The summed E-state index contributed by atoms with van der Waals surface area (Å²) < 4.78 is 11.8. The van der Waals surface area contributed by atoms with Crippen LogP contribution in [-0.4, -0.2) is 13.0 Å². The van der Waals surface area contributed by atoms with Gasteiger partial charge in [-0.05, 0) is 66.1 Å². The van der Waals surface area contributed by atoms with Crippen molar-refractivity contribution < 1.29 is 13.9 Å². The number of furan rings is 1. The first kappa shape index (κ1) is 22.8. The third-order valence-electron chi connectivity index (χ3n) is 6.21. The van der Waals surface area contributed by atoms with Gasteiger partial charge in [-0.1, -0.05) is 54.1 Å². The van der Waals surface area contributed by atoms with Crippen LogP contribution in [0.25, 0.3) is 38.4 Å². The van der Waals surface area contributed by atoms with E-state index in [-0.39, 0.29) is 5.91 Å². The second-order valence-electron chi connectivity index (χ2n) is 8.46. The Morgan fingerprint density at radius 3 is 2.49 bits per heavy atom. The highest BCUT2D eigenvalue weighted by atomic mass is 35.5. The van der Waals surface area contributed by atoms with Crippen molar-refractivity contribution >= 4 is 50.5 Å². The molecule has 5 rings (SSSR count). The maximum absolute atomic E-state index is 12.7. The number of benzene rings is 4. The first-order valence-corrected chi connectivity index (χ1v) is 11.7. The second-order valence-corrected chi connectivity index (χ2v) is 8.90. The van der Waals surface area contributed by atoms with Crippen LogP contribution in [0.1, 0.15) is 18.1 Å². The number of carbonyl (C=O) groups excluding carboxylic acids is 1. The van der Waals surface area contributed by atoms with E-state index in [0.29, 0.717) is 16.5 Å². The van der Waals surface area contributed by atoms with Crippen molar-refractivity contribution in [3.63, 3.8) is 0 Å². The number of methoxy groups -OCH3 is 1. The van der Waals surface area contributed by atoms with E-state index in [9.17, 15) is 4.79 Å². The minimum Gasteiger partial charge on any atom is -0.496 e. The number of fused-ring (bicyclic) bond motifs is 2. The van der Waals surface area contributed by atoms with E-state index >= 15 is 0 Å². The van der Waals surface area contributed by atoms with Crippen LogP contribution in [-0.2, 0) is 4.79 Å². The van der Waals surface area contributed by atoms with Crippen molar-refractivity contribution in [2.75, 3.05) is 12.4 Å². The number of allylic oxidation sites excluding steroid dienone is 1. The number of ether oxygens (including phenoxy) is 1. The monoisotopic (exact) mass is 481 g/mol. The molecule has 0 saturated heterocycles. The molecule has 1 amide bonds. The van der Waals surface area contributed by atoms with E-state index < -0.39 is 0 Å². The van der Waals surface area contributed by atoms with Gasteiger partial charge in [0, 0.05) is 38.9 Å². The lowest BCUT2D eigenvalue weighted by Crippen LogP contribution is -2.08. The Balaban J connectivity index is 1.61. The average molecular weight is 482 g/mol. The fourth-order valence-corrected chi connectivity index (χ4v) is 4.65. The maximum atomic E-state index is 12.7. The summed E-state index contributed by atoms with van der Waals surface area (Å²) in [6.45, 7) is 3.88. The summed E-state index contributed by atoms with van der Waals surface area (Å²) >= 11 is 5.94. The summed E-state index contributed by atoms with van der Waals surface area (Å²) in [5.41, 5.74) is 6.05. The number of rotatable bonds is 5. The number of aryl methyl sites for hydroxylation is 1. The Morgan fingerprint density at radius 1 is 0.971 bits per heavy atom. The van der Waals surface area contributed by atoms with Crippen LogP contribution >= 0.6 is 11.6 Å². The van der Waals surface area contributed by atoms with Gasteiger partial charge >= 0.3 is 0 Å². The topological polar surface area (TPSA) is 51.5 Å². The molecule has 0 unspecified atom stereocenters. The molecular formula is C30H24ClNO3. The first-order chi connectivity index (χ1) is 17.0. The molecule has 0 aliphatic carbocycles. The lowest BCUT2D eigenvalue weighted by molar-refractivity contribution is -0.111. The number of carbonyl (C=O) groups is 1. The predicted molar refractivity (Wildman–Crippen MR) is 144 cm³/mol. The summed E-state index contributed by atoms with van der Waals surface area (Å²) in [7, 11) is 1.63. The van der Waals surface area contributed by atoms with E-state index in [1.165, 1.54) is 5.39 Å². The standard InChI is InChI=1S/C30H24ClNO3/c1-18(15-28(33)32-22-13-11-21(31)12-14-22)25-16-26-27(17-35-30(26)19(2)29(25)34-3)24-10-6-8-20-7-4-5-9-23(20)24/h4-17H,1-3H3,(H,32,33)/b18-15+. The zero-order valence-electron chi connectivity index (χ0n) is 19.7. The molecule has 0 radical (unpaired) electrons. The molecule has 0 atom stereocenters. The van der Waals surface area contributed by atoms with Crippen molar-refractivity contribution in [2.24, 2.45) is 0 Å². The molecule has 0 spiro atoms. The van der Waals surface area contributed by atoms with Gasteiger partial charge in [0.05, 0.1) is 13.4 Å². The minimum atomic E-state index is -0.230. The molecule has 5 aromatic rings. The molecule has 0 fully saturated rings. The van der Waals surface area contributed by atoms with E-state index in [4.69, 9.17) is 20.8 Å². The third-order valence-corrected chi connectivity index (χ3v) is 6.46. The van der Waals surface area contributed by atoms with Crippen LogP contribution in [0.15, 0.2) is 89.6 Å². The molecule has 1 aromatic heterocycles. The number of amides is 1. The highest BCUT2D eigenvalue weighted by Crippen LogP contribution is 2.42. The molecular weight excluding hydrogens is 458 g/mol. The Morgan fingerprint density at radius 2 is 1.71 bits per heavy atom. The Labute approximate surface area is 208 Å². The molecule has 4 nitrogen and oxygen atoms in total. The van der Waals surface area contributed by atoms with Gasteiger partial charge in [-0.2, -0.15) is 0 Å². The van der Waals surface area contributed by atoms with Gasteiger partial charge in [-0.3, -0.25) is 4.79 Å². The fraction of sp³-hybridized carbons (Fsp3) is 0.100. The number of hydrogen-bond acceptors (Lipinski definition) is 3. The molecule has 1 heterocycles. The smallest absolute Gasteiger partial charge is 0.248 e. The van der Waals surface area contributed by atoms with Gasteiger partial charge < -0.3 is 14.5 Å². The van der Waals surface area contributed by atoms with E-state index in [1.54, 1.807) is 43.7 Å². The van der Waals surface area contributed by atoms with Crippen molar-refractivity contribution in [1.82, 2.24) is 0 Å². The summed E-state index contributed by atoms with van der Waals surface area (Å²) in [5.74, 6) is 0.454. The van der Waals surface area contributed by atoms with Crippen LogP contribution in [0.5, 0.6) is 5.75 Å². The molecule has 4 aromatic carbocycles. The zero-order valence-corrected chi connectivity index (χ0v) is 20.4. The number of nitrogens with one attached hydrogen (secondary N) is 1. The van der Waals surface area contributed by atoms with Gasteiger partial charge in [0.25, 0.3) is 0 Å². The Kier molecular flexibility index (Phi) is 6.06. The van der Waals surface area contributed by atoms with Gasteiger partial charge in [-0.15, -0.1) is 0 Å². The van der Waals surface area contributed by atoms with Gasteiger partial charge in [-0.25, -0.2) is 0 Å². The van der Waals surface area contributed by atoms with Crippen molar-refractivity contribution in [2.45, 2.75) is 13.8 Å². The summed E-state index contributed by atoms with van der Waals surface area (Å²) in [6.07, 6.45) is 3.38. The first-order valence-electron chi connectivity index (χ1n) is 11.3. The summed E-state index contributed by atoms with van der Waals surface area (Å²) in [4.78, 5) is 12.7. The molecule has 1 N–H and O–H groups in total. The molecule has 0 saturated carbocycles. The third kappa shape index (κ3) is 4.29. The Hall–Kier alpha value is -4.02. The highest BCUT2D eigenvalue weighted by molar-refractivity contribution is 6.30. The van der Waals surface area contributed by atoms with Crippen LogP contribution in [0, 0.1) is 6.92 Å². The van der Waals surface area contributed by atoms with Crippen molar-refractivity contribution in [3.05, 3.63) is 101 Å². The van der Waals surface area contributed by atoms with Crippen LogP contribution in [0.3, 0.4) is 0 Å². The molecule has 0 aliphatic rings. The quantitative estimate of drug-likeness (QED) is 0.257. The average Bonchev–Trinajstić information content (AvgIpc) is 3.29. The van der Waals surface area contributed by atoms with Crippen LogP contribution in [0.4, 0.5) is 5.69 Å². The van der Waals surface area contributed by atoms with Crippen LogP contribution < -0.4 is 10.1 Å². The highest BCUT2D eigenvalue weighted by Gasteiger charge is 2.19. The SMILES string of the molecule is COc1c(/C(C)=C/C(=O)Nc2ccc(Cl)cc2)cc2c(-c3cccc4ccccc34)coc2c1C. The van der Waals surface area contributed by atoms with E-state index in [2.05, 4.69) is 35.6 Å². The van der Waals surface area contributed by atoms with Crippen molar-refractivity contribution in [1.29, 1.82) is 0 Å². The molecule has 0 aliphatic heterocycles. The molecule has 35 heavy (non-hydrogen) atoms. The largest absolute Gasteiger partial charge is 0.496 e. The van der Waals surface area contributed by atoms with Crippen LogP contribution in [0.2, 0.25) is 5.02 Å². The normalized spacial score (nSPS) is 11.7. The van der Waals surface area contributed by atoms with Gasteiger partial charge in [0.2, 0.25) is 5.91 Å². The zero-order chi connectivity index (χ0) is 24.5. The van der Waals surface area contributed by atoms with Gasteiger partial charge in [0.1, 0.15) is 11.3 Å². The number of halogens is 1. The summed E-state index contributed by atoms with van der Waals surface area (Å²) in [6, 6.07) is 23.6. The number of hydrogen-bond donors (Lipinski definition) is 1. The Bertz CT molecular complexity index is 1590. The predicted octanol–water partition coefficient (Wildman–Crippen LogP) is 8.27.